The van der Waals surface area contributed by atoms with Crippen molar-refractivity contribution in [1.29, 1.82) is 0 Å². The second-order valence-corrected chi connectivity index (χ2v) is 7.68. The summed E-state index contributed by atoms with van der Waals surface area (Å²) in [6, 6.07) is 16.7. The lowest BCUT2D eigenvalue weighted by atomic mass is 10.1. The predicted molar refractivity (Wildman–Crippen MR) is 122 cm³/mol. The van der Waals surface area contributed by atoms with Gasteiger partial charge in [-0.25, -0.2) is 14.4 Å². The quantitative estimate of drug-likeness (QED) is 0.214. The van der Waals surface area contributed by atoms with Crippen LogP contribution < -0.4 is 11.2 Å². The number of nitrogens with one attached hydrogen (secondary N) is 1. The number of azide groups is 1. The largest absolute Gasteiger partial charge is 0.459 e. The van der Waals surface area contributed by atoms with Crippen molar-refractivity contribution in [1.82, 2.24) is 9.55 Å². The molecule has 1 fully saturated rings. The van der Waals surface area contributed by atoms with Gasteiger partial charge in [0.25, 0.3) is 5.56 Å². The number of carbonyl (C=O) groups excluding carboxylic acids is 2. The molecule has 0 amide bonds. The van der Waals surface area contributed by atoms with E-state index in [1.54, 1.807) is 36.4 Å². The molecule has 0 radical (unpaired) electrons. The summed E-state index contributed by atoms with van der Waals surface area (Å²) in [5.41, 5.74) is 5.58. The van der Waals surface area contributed by atoms with E-state index in [9.17, 15) is 29.8 Å². The maximum atomic E-state index is 12.8. The van der Waals surface area contributed by atoms with E-state index >= 15 is 0 Å². The molecule has 2 aromatic carbocycles. The third-order valence-corrected chi connectivity index (χ3v) is 5.39. The molecule has 4 atom stereocenters. The number of nitrogens with zero attached hydrogens (tertiary/aromatic N) is 4. The summed E-state index contributed by atoms with van der Waals surface area (Å²) < 4.78 is 17.3. The zero-order chi connectivity index (χ0) is 25.7. The number of H-pyrrole nitrogens is 1. The number of aromatic nitrogens is 2. The summed E-state index contributed by atoms with van der Waals surface area (Å²) in [6.45, 7) is -0.778. The van der Waals surface area contributed by atoms with Crippen molar-refractivity contribution in [2.24, 2.45) is 5.11 Å². The van der Waals surface area contributed by atoms with Crippen molar-refractivity contribution < 1.29 is 28.9 Å². The highest BCUT2D eigenvalue weighted by atomic mass is 16.6. The molecular weight excluding hydrogens is 474 g/mol. The van der Waals surface area contributed by atoms with E-state index in [0.717, 1.165) is 16.8 Å². The van der Waals surface area contributed by atoms with Gasteiger partial charge in [0.2, 0.25) is 5.72 Å². The Morgan fingerprint density at radius 1 is 1.06 bits per heavy atom. The first-order valence-electron chi connectivity index (χ1n) is 10.6. The van der Waals surface area contributed by atoms with Gasteiger partial charge in [-0.15, -0.1) is 0 Å². The number of hydrogen-bond donors (Lipinski definition) is 2. The molecule has 3 aromatic rings. The van der Waals surface area contributed by atoms with Crippen molar-refractivity contribution in [2.75, 3.05) is 6.61 Å². The number of aliphatic hydroxyl groups is 1. The average molecular weight is 493 g/mol. The number of benzene rings is 2. The standard InChI is InChI=1S/C23H19N5O8/c24-27-26-23(13-34-20(31)14-7-3-1-4-8-14)18(30)17(35-21(32)15-9-5-2-6-10-15)19(36-23)28-12-11-16(29)25-22(28)33/h1-12,17-19,30H,13H2,(H,25,29,33)/t17-,18+,19-,23-/m1/s1. The maximum Gasteiger partial charge on any atom is 0.338 e. The molecule has 0 aliphatic carbocycles. The predicted octanol–water partition coefficient (Wildman–Crippen LogP) is 1.52. The summed E-state index contributed by atoms with van der Waals surface area (Å²) in [4.78, 5) is 54.0. The molecular formula is C23H19N5O8. The number of ether oxygens (including phenoxy) is 3. The summed E-state index contributed by atoms with van der Waals surface area (Å²) in [6.07, 6.45) is -3.99. The van der Waals surface area contributed by atoms with E-state index in [2.05, 4.69) is 10.0 Å². The number of rotatable bonds is 7. The number of aliphatic hydroxyl groups excluding tert-OH is 1. The fraction of sp³-hybridized carbons (Fsp3) is 0.217. The van der Waals surface area contributed by atoms with Gasteiger partial charge in [0.05, 0.1) is 11.1 Å². The van der Waals surface area contributed by atoms with Gasteiger partial charge in [-0.05, 0) is 29.8 Å². The van der Waals surface area contributed by atoms with Gasteiger partial charge in [-0.1, -0.05) is 41.5 Å². The van der Waals surface area contributed by atoms with Crippen LogP contribution in [0.4, 0.5) is 0 Å². The van der Waals surface area contributed by atoms with E-state index in [-0.39, 0.29) is 11.1 Å². The Morgan fingerprint density at radius 3 is 2.25 bits per heavy atom. The molecule has 13 heteroatoms. The Kier molecular flexibility index (Phi) is 6.97. The minimum atomic E-state index is -2.28. The zero-order valence-electron chi connectivity index (χ0n) is 18.5. The van der Waals surface area contributed by atoms with Gasteiger partial charge in [-0.2, -0.15) is 0 Å². The minimum Gasteiger partial charge on any atom is -0.459 e. The zero-order valence-corrected chi connectivity index (χ0v) is 18.5. The fourth-order valence-corrected chi connectivity index (χ4v) is 3.62. The Labute approximate surface area is 202 Å². The van der Waals surface area contributed by atoms with Gasteiger partial charge < -0.3 is 19.3 Å². The second kappa shape index (κ2) is 10.3. The van der Waals surface area contributed by atoms with Gasteiger partial charge in [-0.3, -0.25) is 14.3 Å². The smallest absolute Gasteiger partial charge is 0.338 e. The number of hydrogen-bond acceptors (Lipinski definition) is 9. The van der Waals surface area contributed by atoms with Crippen LogP contribution in [0.1, 0.15) is 26.9 Å². The Bertz CT molecular complexity index is 1420. The van der Waals surface area contributed by atoms with Gasteiger partial charge in [0.1, 0.15) is 12.7 Å². The molecule has 36 heavy (non-hydrogen) atoms. The van der Waals surface area contributed by atoms with E-state index in [0.29, 0.717) is 0 Å². The highest BCUT2D eigenvalue weighted by Crippen LogP contribution is 2.40. The van der Waals surface area contributed by atoms with Gasteiger partial charge in [0.15, 0.2) is 12.3 Å². The first-order chi connectivity index (χ1) is 17.3. The van der Waals surface area contributed by atoms with Crippen LogP contribution in [0, 0.1) is 0 Å². The lowest BCUT2D eigenvalue weighted by Crippen LogP contribution is -2.46. The topological polar surface area (TPSA) is 186 Å². The SMILES string of the molecule is [N-]=[N+]=N[C@]1(COC(=O)c2ccccc2)O[C@@H](n2ccc(=O)[nH]c2=O)[C@H](OC(=O)c2ccccc2)[C@@H]1O. The molecule has 0 unspecified atom stereocenters. The van der Waals surface area contributed by atoms with Crippen molar-refractivity contribution in [3.05, 3.63) is 115 Å². The molecule has 0 spiro atoms. The third kappa shape index (κ3) is 4.88. The Morgan fingerprint density at radius 2 is 1.67 bits per heavy atom. The van der Waals surface area contributed by atoms with Crippen LogP contribution >= 0.6 is 0 Å². The third-order valence-electron chi connectivity index (χ3n) is 5.39. The lowest BCUT2D eigenvalue weighted by molar-refractivity contribution is -0.127. The van der Waals surface area contributed by atoms with Crippen molar-refractivity contribution in [3.63, 3.8) is 0 Å². The molecule has 4 rings (SSSR count). The number of carbonyl (C=O) groups is 2. The molecule has 0 saturated carbocycles. The molecule has 1 aliphatic rings. The van der Waals surface area contributed by atoms with Crippen molar-refractivity contribution in [3.8, 4) is 0 Å². The van der Waals surface area contributed by atoms with Crippen LogP contribution in [0.5, 0.6) is 0 Å². The van der Waals surface area contributed by atoms with Crippen LogP contribution in [-0.4, -0.2) is 51.1 Å². The Balaban J connectivity index is 1.69. The average Bonchev–Trinajstić information content (AvgIpc) is 3.15. The number of esters is 2. The Hall–Kier alpha value is -4.71. The maximum absolute atomic E-state index is 12.8. The lowest BCUT2D eigenvalue weighted by Gasteiger charge is -2.26. The summed E-state index contributed by atoms with van der Waals surface area (Å²) >= 11 is 0. The first kappa shape index (κ1) is 24.4. The summed E-state index contributed by atoms with van der Waals surface area (Å²) in [5.74, 6) is -1.68. The van der Waals surface area contributed by atoms with Crippen LogP contribution in [0.15, 0.2) is 87.6 Å². The van der Waals surface area contributed by atoms with Crippen LogP contribution in [0.2, 0.25) is 0 Å². The van der Waals surface area contributed by atoms with Gasteiger partial charge >= 0.3 is 17.6 Å². The van der Waals surface area contributed by atoms with Crippen molar-refractivity contribution in [2.45, 2.75) is 24.2 Å². The minimum absolute atomic E-state index is 0.133. The van der Waals surface area contributed by atoms with Crippen LogP contribution in [-0.2, 0) is 14.2 Å². The molecule has 184 valence electrons. The van der Waals surface area contributed by atoms with Gasteiger partial charge in [0, 0.05) is 17.2 Å². The van der Waals surface area contributed by atoms with Crippen LogP contribution in [0.3, 0.4) is 0 Å². The molecule has 1 aliphatic heterocycles. The van der Waals surface area contributed by atoms with E-state index in [1.807, 2.05) is 4.98 Å². The summed E-state index contributed by atoms with van der Waals surface area (Å²) in [7, 11) is 0. The molecule has 1 saturated heterocycles. The molecule has 2 N–H and O–H groups in total. The highest BCUT2D eigenvalue weighted by molar-refractivity contribution is 5.90. The first-order valence-corrected chi connectivity index (χ1v) is 10.6. The molecule has 2 heterocycles. The highest BCUT2D eigenvalue weighted by Gasteiger charge is 2.58. The monoisotopic (exact) mass is 493 g/mol. The molecule has 0 bridgehead atoms. The van der Waals surface area contributed by atoms with Crippen molar-refractivity contribution >= 4 is 11.9 Å². The van der Waals surface area contributed by atoms with E-state index in [4.69, 9.17) is 14.2 Å². The summed E-state index contributed by atoms with van der Waals surface area (Å²) in [5, 5.41) is 14.6. The van der Waals surface area contributed by atoms with E-state index < -0.39 is 54.0 Å². The molecule has 1 aromatic heterocycles. The molecule has 13 nitrogen and oxygen atoms in total. The fourth-order valence-electron chi connectivity index (χ4n) is 3.62. The second-order valence-electron chi connectivity index (χ2n) is 7.68. The van der Waals surface area contributed by atoms with E-state index in [1.165, 1.54) is 24.3 Å². The van der Waals surface area contributed by atoms with Crippen LogP contribution in [0.25, 0.3) is 10.4 Å². The normalized spacial score (nSPS) is 22.9. The number of aromatic amines is 1.